The van der Waals surface area contributed by atoms with E-state index in [1.807, 2.05) is 25.3 Å². The van der Waals surface area contributed by atoms with Crippen LogP contribution >= 0.6 is 34.5 Å². The van der Waals surface area contributed by atoms with E-state index in [2.05, 4.69) is 5.16 Å². The van der Waals surface area contributed by atoms with Crippen LogP contribution in [0.2, 0.25) is 10.0 Å². The van der Waals surface area contributed by atoms with Crippen molar-refractivity contribution in [2.45, 2.75) is 39.2 Å². The monoisotopic (exact) mass is 465 g/mol. The molecule has 2 aromatic heterocycles. The maximum Gasteiger partial charge on any atom is 0.233 e. The summed E-state index contributed by atoms with van der Waals surface area (Å²) in [4.78, 5) is 19.7. The molecular weight excluding hydrogens is 445 g/mol. The van der Waals surface area contributed by atoms with E-state index in [4.69, 9.17) is 37.4 Å². The van der Waals surface area contributed by atoms with Gasteiger partial charge in [-0.15, -0.1) is 11.3 Å². The van der Waals surface area contributed by atoms with Crippen molar-refractivity contribution >= 4 is 45.6 Å². The van der Waals surface area contributed by atoms with Gasteiger partial charge in [-0.05, 0) is 44.9 Å². The largest absolute Gasteiger partial charge is 0.376 e. The molecule has 0 unspecified atom stereocenters. The zero-order chi connectivity index (χ0) is 21.3. The van der Waals surface area contributed by atoms with Crippen LogP contribution in [0.5, 0.6) is 0 Å². The predicted molar refractivity (Wildman–Crippen MR) is 119 cm³/mol. The van der Waals surface area contributed by atoms with E-state index in [9.17, 15) is 4.79 Å². The Balaban J connectivity index is 1.62. The Kier molecular flexibility index (Phi) is 6.43. The van der Waals surface area contributed by atoms with Crippen LogP contribution in [0.3, 0.4) is 0 Å². The van der Waals surface area contributed by atoms with E-state index in [1.54, 1.807) is 17.0 Å². The van der Waals surface area contributed by atoms with Crippen molar-refractivity contribution in [3.8, 4) is 11.3 Å². The third-order valence-electron chi connectivity index (χ3n) is 5.15. The number of aryl methyl sites for hydroxylation is 2. The third-order valence-corrected chi connectivity index (χ3v) is 6.56. The van der Waals surface area contributed by atoms with Gasteiger partial charge in [0, 0.05) is 28.1 Å². The van der Waals surface area contributed by atoms with E-state index in [0.717, 1.165) is 36.3 Å². The number of benzene rings is 1. The van der Waals surface area contributed by atoms with Crippen LogP contribution in [-0.4, -0.2) is 35.3 Å². The number of thiazole rings is 1. The van der Waals surface area contributed by atoms with Gasteiger partial charge in [-0.2, -0.15) is 0 Å². The summed E-state index contributed by atoms with van der Waals surface area (Å²) >= 11 is 13.8. The lowest BCUT2D eigenvalue weighted by Crippen LogP contribution is -2.38. The first-order chi connectivity index (χ1) is 14.4. The van der Waals surface area contributed by atoms with Gasteiger partial charge in [0.05, 0.1) is 35.5 Å². The Morgan fingerprint density at radius 1 is 1.33 bits per heavy atom. The molecule has 1 atom stereocenters. The van der Waals surface area contributed by atoms with Crippen molar-refractivity contribution in [3.05, 3.63) is 50.6 Å². The Hall–Kier alpha value is -1.93. The second kappa shape index (κ2) is 9.06. The molecule has 6 nitrogen and oxygen atoms in total. The first-order valence-corrected chi connectivity index (χ1v) is 11.3. The van der Waals surface area contributed by atoms with Crippen LogP contribution in [0.4, 0.5) is 5.13 Å². The molecule has 3 aromatic rings. The highest BCUT2D eigenvalue weighted by Gasteiger charge is 2.27. The van der Waals surface area contributed by atoms with E-state index in [-0.39, 0.29) is 18.4 Å². The Labute approximate surface area is 188 Å². The number of carbonyl (C=O) groups is 1. The number of aromatic nitrogens is 2. The van der Waals surface area contributed by atoms with Gasteiger partial charge < -0.3 is 9.26 Å². The summed E-state index contributed by atoms with van der Waals surface area (Å²) in [6, 6.07) is 5.29. The number of nitrogens with zero attached hydrogens (tertiary/aromatic N) is 3. The summed E-state index contributed by atoms with van der Waals surface area (Å²) in [5.41, 5.74) is 3.03. The molecule has 30 heavy (non-hydrogen) atoms. The number of amides is 1. The minimum Gasteiger partial charge on any atom is -0.376 e. The maximum atomic E-state index is 13.3. The molecule has 1 saturated heterocycles. The molecule has 1 aromatic carbocycles. The van der Waals surface area contributed by atoms with Crippen molar-refractivity contribution < 1.29 is 14.1 Å². The maximum absolute atomic E-state index is 13.3. The van der Waals surface area contributed by atoms with E-state index in [0.29, 0.717) is 33.2 Å². The fourth-order valence-electron chi connectivity index (χ4n) is 3.49. The fourth-order valence-corrected chi connectivity index (χ4v) is 4.85. The minimum atomic E-state index is -0.0667. The molecular formula is C21H21Cl2N3O3S. The summed E-state index contributed by atoms with van der Waals surface area (Å²) in [6.07, 6.45) is 2.13. The standard InChI is InChI=1S/C21H21Cl2N3O3S/c1-12-17(13(2)29-25-12)9-20(27)26(10-15-4-3-7-28-15)21-24-19(11-30-21)16-6-5-14(22)8-18(16)23/h5-6,8,11,15H,3-4,7,9-10H2,1-2H3/t15-/m0/s1. The smallest absolute Gasteiger partial charge is 0.233 e. The van der Waals surface area contributed by atoms with Crippen LogP contribution < -0.4 is 4.90 Å². The first kappa shape index (κ1) is 21.3. The molecule has 0 saturated carbocycles. The zero-order valence-corrected chi connectivity index (χ0v) is 19.0. The van der Waals surface area contributed by atoms with Crippen LogP contribution in [0.25, 0.3) is 11.3 Å². The highest BCUT2D eigenvalue weighted by Crippen LogP contribution is 2.34. The second-order valence-corrected chi connectivity index (χ2v) is 8.94. The van der Waals surface area contributed by atoms with Gasteiger partial charge in [0.15, 0.2) is 5.13 Å². The molecule has 1 aliphatic rings. The average molecular weight is 466 g/mol. The van der Waals surface area contributed by atoms with E-state index >= 15 is 0 Å². The predicted octanol–water partition coefficient (Wildman–Crippen LogP) is 5.48. The van der Waals surface area contributed by atoms with Crippen LogP contribution in [0.15, 0.2) is 28.1 Å². The van der Waals surface area contributed by atoms with Gasteiger partial charge in [-0.25, -0.2) is 4.98 Å². The SMILES string of the molecule is Cc1noc(C)c1CC(=O)N(C[C@@H]1CCCO1)c1nc(-c2ccc(Cl)cc2Cl)cs1. The highest BCUT2D eigenvalue weighted by molar-refractivity contribution is 7.14. The molecule has 1 amide bonds. The summed E-state index contributed by atoms with van der Waals surface area (Å²) < 4.78 is 11.0. The minimum absolute atomic E-state index is 0.00471. The molecule has 0 radical (unpaired) electrons. The van der Waals surface area contributed by atoms with Crippen molar-refractivity contribution in [1.29, 1.82) is 0 Å². The lowest BCUT2D eigenvalue weighted by molar-refractivity contribution is -0.118. The van der Waals surface area contributed by atoms with Crippen LogP contribution in [0.1, 0.15) is 29.9 Å². The summed E-state index contributed by atoms with van der Waals surface area (Å²) in [5, 5.41) is 7.55. The van der Waals surface area contributed by atoms with Crippen molar-refractivity contribution in [3.63, 3.8) is 0 Å². The summed E-state index contributed by atoms with van der Waals surface area (Å²) in [7, 11) is 0. The average Bonchev–Trinajstić information content (AvgIpc) is 3.45. The summed E-state index contributed by atoms with van der Waals surface area (Å²) in [5.74, 6) is 0.591. The first-order valence-electron chi connectivity index (χ1n) is 9.67. The molecule has 0 aliphatic carbocycles. The number of hydrogen-bond acceptors (Lipinski definition) is 6. The third kappa shape index (κ3) is 4.54. The van der Waals surface area contributed by atoms with Crippen molar-refractivity contribution in [1.82, 2.24) is 10.1 Å². The number of ether oxygens (including phenoxy) is 1. The molecule has 158 valence electrons. The number of carbonyl (C=O) groups excluding carboxylic acids is 1. The number of halogens is 2. The Morgan fingerprint density at radius 2 is 2.17 bits per heavy atom. The van der Waals surface area contributed by atoms with Crippen molar-refractivity contribution in [2.24, 2.45) is 0 Å². The van der Waals surface area contributed by atoms with Gasteiger partial charge in [0.2, 0.25) is 5.91 Å². The fraction of sp³-hybridized carbons (Fsp3) is 0.381. The Morgan fingerprint density at radius 3 is 2.83 bits per heavy atom. The molecule has 0 spiro atoms. The number of anilines is 1. The lowest BCUT2D eigenvalue weighted by Gasteiger charge is -2.23. The molecule has 3 heterocycles. The number of rotatable bonds is 6. The number of hydrogen-bond donors (Lipinski definition) is 0. The van der Waals surface area contributed by atoms with E-state index in [1.165, 1.54) is 11.3 Å². The topological polar surface area (TPSA) is 68.5 Å². The Bertz CT molecular complexity index is 1040. The molecule has 0 bridgehead atoms. The lowest BCUT2D eigenvalue weighted by atomic mass is 10.1. The van der Waals surface area contributed by atoms with Gasteiger partial charge in [-0.1, -0.05) is 28.4 Å². The quantitative estimate of drug-likeness (QED) is 0.482. The van der Waals surface area contributed by atoms with Crippen LogP contribution in [-0.2, 0) is 16.0 Å². The molecule has 1 aliphatic heterocycles. The van der Waals surface area contributed by atoms with Crippen LogP contribution in [0, 0.1) is 13.8 Å². The van der Waals surface area contributed by atoms with Crippen molar-refractivity contribution in [2.75, 3.05) is 18.1 Å². The summed E-state index contributed by atoms with van der Waals surface area (Å²) in [6.45, 7) is 4.84. The molecule has 1 fully saturated rings. The van der Waals surface area contributed by atoms with Gasteiger partial charge in [0.1, 0.15) is 5.76 Å². The highest BCUT2D eigenvalue weighted by atomic mass is 35.5. The zero-order valence-electron chi connectivity index (χ0n) is 16.7. The van der Waals surface area contributed by atoms with Gasteiger partial charge in [0.25, 0.3) is 0 Å². The second-order valence-electron chi connectivity index (χ2n) is 7.26. The van der Waals surface area contributed by atoms with Gasteiger partial charge >= 0.3 is 0 Å². The van der Waals surface area contributed by atoms with E-state index < -0.39 is 0 Å². The van der Waals surface area contributed by atoms with Gasteiger partial charge in [-0.3, -0.25) is 9.69 Å². The molecule has 4 rings (SSSR count). The normalized spacial score (nSPS) is 16.2. The molecule has 9 heteroatoms. The molecule has 0 N–H and O–H groups in total.